The van der Waals surface area contributed by atoms with Crippen LogP contribution < -0.4 is 5.73 Å². The summed E-state index contributed by atoms with van der Waals surface area (Å²) >= 11 is 0. The third-order valence-electron chi connectivity index (χ3n) is 3.71. The van der Waals surface area contributed by atoms with Crippen molar-refractivity contribution in [1.82, 2.24) is 4.90 Å². The van der Waals surface area contributed by atoms with Gasteiger partial charge in [0.05, 0.1) is 5.56 Å². The summed E-state index contributed by atoms with van der Waals surface area (Å²) in [5, 5.41) is 9.07. The summed E-state index contributed by atoms with van der Waals surface area (Å²) in [6.07, 6.45) is 0.735. The highest BCUT2D eigenvalue weighted by molar-refractivity contribution is 5.88. The third-order valence-corrected chi connectivity index (χ3v) is 3.71. The van der Waals surface area contributed by atoms with Crippen molar-refractivity contribution in [3.05, 3.63) is 65.2 Å². The van der Waals surface area contributed by atoms with E-state index in [1.54, 1.807) is 11.0 Å². The number of carboxylic acid groups (broad SMARTS) is 1. The Morgan fingerprint density at radius 1 is 1.13 bits per heavy atom. The van der Waals surface area contributed by atoms with Crippen LogP contribution in [0.25, 0.3) is 0 Å². The van der Waals surface area contributed by atoms with Crippen LogP contribution >= 0.6 is 0 Å². The van der Waals surface area contributed by atoms with Crippen molar-refractivity contribution in [2.75, 3.05) is 12.3 Å². The van der Waals surface area contributed by atoms with Gasteiger partial charge in [0.15, 0.2) is 0 Å². The lowest BCUT2D eigenvalue weighted by Gasteiger charge is -2.22. The number of benzene rings is 2. The smallest absolute Gasteiger partial charge is 0.335 e. The molecular weight excluding hydrogens is 292 g/mol. The summed E-state index contributed by atoms with van der Waals surface area (Å²) in [4.78, 5) is 24.6. The SMILES string of the molecule is CC(=O)N(CCc1ccccc1)Cc1cc(C(=O)O)ccc1N. The Bertz CT molecular complexity index is 699. The maximum absolute atomic E-state index is 11.9. The van der Waals surface area contributed by atoms with Crippen LogP contribution in [-0.2, 0) is 17.8 Å². The fourth-order valence-corrected chi connectivity index (χ4v) is 2.34. The highest BCUT2D eigenvalue weighted by Crippen LogP contribution is 2.17. The number of nitrogens with two attached hydrogens (primary N) is 1. The lowest BCUT2D eigenvalue weighted by Crippen LogP contribution is -2.30. The van der Waals surface area contributed by atoms with E-state index in [2.05, 4.69) is 0 Å². The minimum absolute atomic E-state index is 0.0685. The van der Waals surface area contributed by atoms with Gasteiger partial charge >= 0.3 is 5.97 Å². The molecule has 5 heteroatoms. The van der Waals surface area contributed by atoms with Gasteiger partial charge in [0.25, 0.3) is 0 Å². The molecule has 0 radical (unpaired) electrons. The van der Waals surface area contributed by atoms with E-state index in [1.807, 2.05) is 30.3 Å². The van der Waals surface area contributed by atoms with Gasteiger partial charge in [-0.2, -0.15) is 0 Å². The maximum Gasteiger partial charge on any atom is 0.335 e. The number of carbonyl (C=O) groups excluding carboxylic acids is 1. The van der Waals surface area contributed by atoms with Gasteiger partial charge in [-0.3, -0.25) is 4.79 Å². The molecule has 0 aliphatic heterocycles. The Morgan fingerprint density at radius 2 is 1.83 bits per heavy atom. The zero-order valence-electron chi connectivity index (χ0n) is 13.0. The van der Waals surface area contributed by atoms with Gasteiger partial charge < -0.3 is 15.7 Å². The number of carboxylic acids is 1. The molecule has 2 rings (SSSR count). The lowest BCUT2D eigenvalue weighted by atomic mass is 10.1. The molecule has 0 unspecified atom stereocenters. The topological polar surface area (TPSA) is 83.6 Å². The molecule has 0 aliphatic carbocycles. The molecule has 0 bridgehead atoms. The molecule has 2 aromatic carbocycles. The highest BCUT2D eigenvalue weighted by Gasteiger charge is 2.13. The molecule has 0 aromatic heterocycles. The van der Waals surface area contributed by atoms with Crippen molar-refractivity contribution in [1.29, 1.82) is 0 Å². The van der Waals surface area contributed by atoms with E-state index in [-0.39, 0.29) is 11.5 Å². The lowest BCUT2D eigenvalue weighted by molar-refractivity contribution is -0.129. The van der Waals surface area contributed by atoms with Crippen LogP contribution in [0.5, 0.6) is 0 Å². The molecule has 1 amide bonds. The van der Waals surface area contributed by atoms with Gasteiger partial charge in [0.2, 0.25) is 5.91 Å². The number of nitrogens with zero attached hydrogens (tertiary/aromatic N) is 1. The first-order chi connectivity index (χ1) is 11.0. The van der Waals surface area contributed by atoms with Gasteiger partial charge in [0.1, 0.15) is 0 Å². The molecule has 3 N–H and O–H groups in total. The van der Waals surface area contributed by atoms with Crippen LogP contribution in [-0.4, -0.2) is 28.4 Å². The van der Waals surface area contributed by atoms with E-state index in [0.29, 0.717) is 24.3 Å². The molecule has 0 heterocycles. The number of nitrogen functional groups attached to an aromatic ring is 1. The van der Waals surface area contributed by atoms with E-state index in [1.165, 1.54) is 19.1 Å². The largest absolute Gasteiger partial charge is 0.478 e. The molecule has 120 valence electrons. The van der Waals surface area contributed by atoms with Gasteiger partial charge in [-0.05, 0) is 35.7 Å². The Morgan fingerprint density at radius 3 is 2.43 bits per heavy atom. The summed E-state index contributed by atoms with van der Waals surface area (Å²) in [5.41, 5.74) is 8.36. The van der Waals surface area contributed by atoms with Crippen molar-refractivity contribution in [3.63, 3.8) is 0 Å². The summed E-state index contributed by atoms with van der Waals surface area (Å²) in [7, 11) is 0. The Hall–Kier alpha value is -2.82. The normalized spacial score (nSPS) is 10.3. The van der Waals surface area contributed by atoms with Gasteiger partial charge in [-0.25, -0.2) is 4.79 Å². The fraction of sp³-hybridized carbons (Fsp3) is 0.222. The van der Waals surface area contributed by atoms with E-state index in [0.717, 1.165) is 12.0 Å². The van der Waals surface area contributed by atoms with Crippen molar-refractivity contribution in [3.8, 4) is 0 Å². The number of rotatable bonds is 6. The van der Waals surface area contributed by atoms with Crippen molar-refractivity contribution in [2.45, 2.75) is 19.9 Å². The van der Waals surface area contributed by atoms with Crippen LogP contribution in [0, 0.1) is 0 Å². The Labute approximate surface area is 135 Å². The molecule has 0 aliphatic rings. The van der Waals surface area contributed by atoms with Gasteiger partial charge in [0, 0.05) is 25.7 Å². The fourth-order valence-electron chi connectivity index (χ4n) is 2.34. The minimum atomic E-state index is -1.01. The molecule has 0 saturated heterocycles. The van der Waals surface area contributed by atoms with Gasteiger partial charge in [-0.15, -0.1) is 0 Å². The Kier molecular flexibility index (Phi) is 5.36. The number of carbonyl (C=O) groups is 2. The molecule has 0 fully saturated rings. The zero-order valence-corrected chi connectivity index (χ0v) is 13.0. The average molecular weight is 312 g/mol. The quantitative estimate of drug-likeness (QED) is 0.803. The van der Waals surface area contributed by atoms with E-state index >= 15 is 0 Å². The van der Waals surface area contributed by atoms with Crippen LogP contribution in [0.15, 0.2) is 48.5 Å². The summed E-state index contributed by atoms with van der Waals surface area (Å²) < 4.78 is 0. The summed E-state index contributed by atoms with van der Waals surface area (Å²) in [6.45, 7) is 2.35. The summed E-state index contributed by atoms with van der Waals surface area (Å²) in [5.74, 6) is -1.08. The van der Waals surface area contributed by atoms with Crippen molar-refractivity contribution in [2.24, 2.45) is 0 Å². The third kappa shape index (κ3) is 4.57. The van der Waals surface area contributed by atoms with Crippen LogP contribution in [0.3, 0.4) is 0 Å². The van der Waals surface area contributed by atoms with Crippen molar-refractivity contribution >= 4 is 17.6 Å². The highest BCUT2D eigenvalue weighted by atomic mass is 16.4. The first-order valence-corrected chi connectivity index (χ1v) is 7.38. The summed E-state index contributed by atoms with van der Waals surface area (Å²) in [6, 6.07) is 14.4. The van der Waals surface area contributed by atoms with Crippen LogP contribution in [0.1, 0.15) is 28.4 Å². The average Bonchev–Trinajstić information content (AvgIpc) is 2.53. The number of anilines is 1. The van der Waals surface area contributed by atoms with E-state index in [9.17, 15) is 9.59 Å². The molecule has 0 spiro atoms. The van der Waals surface area contributed by atoms with Crippen LogP contribution in [0.2, 0.25) is 0 Å². The molecule has 2 aromatic rings. The zero-order chi connectivity index (χ0) is 16.8. The minimum Gasteiger partial charge on any atom is -0.478 e. The molecular formula is C18H20N2O3. The molecule has 0 saturated carbocycles. The number of hydrogen-bond acceptors (Lipinski definition) is 3. The van der Waals surface area contributed by atoms with Crippen molar-refractivity contribution < 1.29 is 14.7 Å². The van der Waals surface area contributed by atoms with Gasteiger partial charge in [-0.1, -0.05) is 30.3 Å². The monoisotopic (exact) mass is 312 g/mol. The molecule has 0 atom stereocenters. The molecule has 5 nitrogen and oxygen atoms in total. The Balaban J connectivity index is 2.12. The predicted octanol–water partition coefficient (Wildman–Crippen LogP) is 2.56. The predicted molar refractivity (Wildman–Crippen MR) is 89.1 cm³/mol. The van der Waals surface area contributed by atoms with Crippen LogP contribution in [0.4, 0.5) is 5.69 Å². The molecule has 23 heavy (non-hydrogen) atoms. The number of hydrogen-bond donors (Lipinski definition) is 2. The first-order valence-electron chi connectivity index (χ1n) is 7.38. The second-order valence-corrected chi connectivity index (χ2v) is 5.39. The number of aromatic carboxylic acids is 1. The van der Waals surface area contributed by atoms with E-state index < -0.39 is 5.97 Å². The number of amides is 1. The standard InChI is InChI=1S/C18H20N2O3/c1-13(21)20(10-9-14-5-3-2-4-6-14)12-16-11-15(18(22)23)7-8-17(16)19/h2-8,11H,9-10,12,19H2,1H3,(H,22,23). The maximum atomic E-state index is 11.9. The second-order valence-electron chi connectivity index (χ2n) is 5.39. The second kappa shape index (κ2) is 7.45. The van der Waals surface area contributed by atoms with E-state index in [4.69, 9.17) is 10.8 Å². The first kappa shape index (κ1) is 16.5.